The van der Waals surface area contributed by atoms with E-state index in [1.165, 1.54) is 0 Å². The smallest absolute Gasteiger partial charge is 0.241 e. The van der Waals surface area contributed by atoms with Crippen molar-refractivity contribution in [1.29, 1.82) is 0 Å². The van der Waals surface area contributed by atoms with E-state index in [0.29, 0.717) is 11.4 Å². The van der Waals surface area contributed by atoms with Crippen LogP contribution in [0, 0.1) is 6.92 Å². The van der Waals surface area contributed by atoms with Crippen molar-refractivity contribution >= 4 is 10.0 Å². The lowest BCUT2D eigenvalue weighted by atomic mass is 10.0. The molecule has 1 aromatic rings. The van der Waals surface area contributed by atoms with Crippen LogP contribution in [0.15, 0.2) is 23.1 Å². The maximum atomic E-state index is 12.5. The predicted octanol–water partition coefficient (Wildman–Crippen LogP) is 2.57. The molecule has 0 saturated heterocycles. The molecule has 0 unspecified atom stereocenters. The lowest BCUT2D eigenvalue weighted by Crippen LogP contribution is -2.42. The quantitative estimate of drug-likeness (QED) is 0.813. The molecule has 0 atom stereocenters. The summed E-state index contributed by atoms with van der Waals surface area (Å²) in [5.41, 5.74) is 1.39. The van der Waals surface area contributed by atoms with E-state index >= 15 is 0 Å². The number of rotatable bonds is 7. The summed E-state index contributed by atoms with van der Waals surface area (Å²) < 4.78 is 27.8. The first-order chi connectivity index (χ1) is 9.23. The zero-order chi connectivity index (χ0) is 15.4. The van der Waals surface area contributed by atoms with Crippen LogP contribution in [0.5, 0.6) is 0 Å². The van der Waals surface area contributed by atoms with Gasteiger partial charge >= 0.3 is 0 Å². The highest BCUT2D eigenvalue weighted by molar-refractivity contribution is 7.89. The maximum absolute atomic E-state index is 12.5. The van der Waals surface area contributed by atoms with Crippen LogP contribution in [0.2, 0.25) is 0 Å². The van der Waals surface area contributed by atoms with Gasteiger partial charge in [-0.15, -0.1) is 0 Å². The van der Waals surface area contributed by atoms with Crippen LogP contribution in [-0.2, 0) is 16.6 Å². The molecular formula is C15H26N2O2S. The van der Waals surface area contributed by atoms with Gasteiger partial charge in [0.2, 0.25) is 10.0 Å². The Labute approximate surface area is 123 Å². The van der Waals surface area contributed by atoms with Gasteiger partial charge in [-0.25, -0.2) is 13.1 Å². The van der Waals surface area contributed by atoms with Gasteiger partial charge in [0.05, 0.1) is 4.90 Å². The lowest BCUT2D eigenvalue weighted by molar-refractivity contribution is 0.439. The second-order valence-electron chi connectivity index (χ2n) is 5.66. The molecule has 0 aliphatic heterocycles. The Morgan fingerprint density at radius 1 is 1.20 bits per heavy atom. The van der Waals surface area contributed by atoms with Crippen molar-refractivity contribution in [2.24, 2.45) is 0 Å². The summed E-state index contributed by atoms with van der Waals surface area (Å²) in [6.45, 7) is 11.2. The lowest BCUT2D eigenvalue weighted by Gasteiger charge is -2.25. The Morgan fingerprint density at radius 2 is 1.85 bits per heavy atom. The topological polar surface area (TPSA) is 58.2 Å². The number of nitrogens with one attached hydrogen (secondary N) is 2. The standard InChI is InChI=1S/C15H26N2O2S/c1-6-15(4,5)17-20(18,19)14-10-8-9-13(12(14)3)11-16-7-2/h8-10,16-17H,6-7,11H2,1-5H3. The summed E-state index contributed by atoms with van der Waals surface area (Å²) in [7, 11) is -3.49. The van der Waals surface area contributed by atoms with E-state index in [2.05, 4.69) is 10.0 Å². The molecule has 0 radical (unpaired) electrons. The average Bonchev–Trinajstić information content (AvgIpc) is 2.36. The molecule has 0 bridgehead atoms. The maximum Gasteiger partial charge on any atom is 0.241 e. The van der Waals surface area contributed by atoms with E-state index in [-0.39, 0.29) is 0 Å². The molecule has 114 valence electrons. The Hall–Kier alpha value is -0.910. The second-order valence-corrected chi connectivity index (χ2v) is 7.31. The number of hydrogen-bond acceptors (Lipinski definition) is 3. The first kappa shape index (κ1) is 17.1. The molecule has 1 aromatic carbocycles. The Morgan fingerprint density at radius 3 is 2.40 bits per heavy atom. The van der Waals surface area contributed by atoms with Crippen LogP contribution in [-0.4, -0.2) is 20.5 Å². The molecule has 1 rings (SSSR count). The Kier molecular flexibility index (Phi) is 5.74. The van der Waals surface area contributed by atoms with Gasteiger partial charge < -0.3 is 5.32 Å². The van der Waals surface area contributed by atoms with Gasteiger partial charge in [0.25, 0.3) is 0 Å². The van der Waals surface area contributed by atoms with Crippen molar-refractivity contribution in [2.75, 3.05) is 6.54 Å². The van der Waals surface area contributed by atoms with Gasteiger partial charge in [-0.2, -0.15) is 0 Å². The highest BCUT2D eigenvalue weighted by Gasteiger charge is 2.26. The molecule has 0 spiro atoms. The molecule has 0 aliphatic rings. The van der Waals surface area contributed by atoms with Crippen LogP contribution in [0.25, 0.3) is 0 Å². The molecule has 4 nitrogen and oxygen atoms in total. The molecule has 5 heteroatoms. The van der Waals surface area contributed by atoms with Crippen molar-refractivity contribution < 1.29 is 8.42 Å². The summed E-state index contributed by atoms with van der Waals surface area (Å²) >= 11 is 0. The normalized spacial score (nSPS) is 12.7. The first-order valence-electron chi connectivity index (χ1n) is 7.06. The van der Waals surface area contributed by atoms with Crippen molar-refractivity contribution in [3.63, 3.8) is 0 Å². The van der Waals surface area contributed by atoms with Crippen molar-refractivity contribution in [2.45, 2.75) is 58.0 Å². The third-order valence-electron chi connectivity index (χ3n) is 3.55. The molecule has 0 amide bonds. The van der Waals surface area contributed by atoms with Gasteiger partial charge in [-0.3, -0.25) is 0 Å². The van der Waals surface area contributed by atoms with Crippen LogP contribution in [0.3, 0.4) is 0 Å². The summed E-state index contributed by atoms with van der Waals surface area (Å²) in [4.78, 5) is 0.370. The van der Waals surface area contributed by atoms with E-state index in [1.54, 1.807) is 12.1 Å². The monoisotopic (exact) mass is 298 g/mol. The van der Waals surface area contributed by atoms with Crippen molar-refractivity contribution in [1.82, 2.24) is 10.0 Å². The fraction of sp³-hybridized carbons (Fsp3) is 0.600. The van der Waals surface area contributed by atoms with Gasteiger partial charge in [-0.1, -0.05) is 26.0 Å². The third-order valence-corrected chi connectivity index (χ3v) is 5.39. The number of benzene rings is 1. The van der Waals surface area contributed by atoms with Crippen molar-refractivity contribution in [3.05, 3.63) is 29.3 Å². The second kappa shape index (κ2) is 6.70. The molecular weight excluding hydrogens is 272 g/mol. The van der Waals surface area contributed by atoms with E-state index < -0.39 is 15.6 Å². The SMILES string of the molecule is CCNCc1cccc(S(=O)(=O)NC(C)(C)CC)c1C. The zero-order valence-electron chi connectivity index (χ0n) is 13.1. The number of sulfonamides is 1. The highest BCUT2D eigenvalue weighted by Crippen LogP contribution is 2.21. The minimum atomic E-state index is -3.49. The number of hydrogen-bond donors (Lipinski definition) is 2. The highest BCUT2D eigenvalue weighted by atomic mass is 32.2. The van der Waals surface area contributed by atoms with E-state index in [1.807, 2.05) is 40.7 Å². The van der Waals surface area contributed by atoms with Gasteiger partial charge in [-0.05, 0) is 50.9 Å². The molecule has 20 heavy (non-hydrogen) atoms. The first-order valence-corrected chi connectivity index (χ1v) is 8.55. The van der Waals surface area contributed by atoms with E-state index in [4.69, 9.17) is 0 Å². The van der Waals surface area contributed by atoms with Crippen molar-refractivity contribution in [3.8, 4) is 0 Å². The fourth-order valence-electron chi connectivity index (χ4n) is 1.89. The summed E-state index contributed by atoms with van der Waals surface area (Å²) in [5, 5.41) is 3.23. The largest absolute Gasteiger partial charge is 0.313 e. The molecule has 0 heterocycles. The molecule has 0 fully saturated rings. The molecule has 0 aromatic heterocycles. The minimum Gasteiger partial charge on any atom is -0.313 e. The molecule has 0 saturated carbocycles. The average molecular weight is 298 g/mol. The molecule has 2 N–H and O–H groups in total. The fourth-order valence-corrected chi connectivity index (χ4v) is 3.67. The van der Waals surface area contributed by atoms with Crippen LogP contribution in [0.1, 0.15) is 45.2 Å². The Bertz CT molecular complexity index is 551. The zero-order valence-corrected chi connectivity index (χ0v) is 13.9. The van der Waals surface area contributed by atoms with Crippen LogP contribution in [0.4, 0.5) is 0 Å². The van der Waals surface area contributed by atoms with Crippen LogP contribution < -0.4 is 10.0 Å². The summed E-state index contributed by atoms with van der Waals surface area (Å²) in [6.07, 6.45) is 0.738. The predicted molar refractivity (Wildman–Crippen MR) is 83.3 cm³/mol. The van der Waals surface area contributed by atoms with E-state index in [9.17, 15) is 8.42 Å². The molecule has 0 aliphatic carbocycles. The summed E-state index contributed by atoms with van der Waals surface area (Å²) in [5.74, 6) is 0. The summed E-state index contributed by atoms with van der Waals surface area (Å²) in [6, 6.07) is 5.42. The Balaban J connectivity index is 3.13. The van der Waals surface area contributed by atoms with Gasteiger partial charge in [0.15, 0.2) is 0 Å². The van der Waals surface area contributed by atoms with Gasteiger partial charge in [0.1, 0.15) is 0 Å². The van der Waals surface area contributed by atoms with Crippen LogP contribution >= 0.6 is 0 Å². The third kappa shape index (κ3) is 4.30. The minimum absolute atomic E-state index is 0.370. The van der Waals surface area contributed by atoms with E-state index in [0.717, 1.165) is 24.1 Å². The van der Waals surface area contributed by atoms with Gasteiger partial charge in [0, 0.05) is 12.1 Å².